The molecule has 0 bridgehead atoms. The topological polar surface area (TPSA) is 68.0 Å². The highest BCUT2D eigenvalue weighted by molar-refractivity contribution is 5.89. The molecule has 0 aliphatic heterocycles. The SMILES string of the molecule is Cc1ccc(NC(=O)CCC(C)(C)N)nc1. The molecule has 0 fully saturated rings. The van der Waals surface area contributed by atoms with E-state index >= 15 is 0 Å². The van der Waals surface area contributed by atoms with Gasteiger partial charge in [0.25, 0.3) is 0 Å². The van der Waals surface area contributed by atoms with Crippen LogP contribution in [0.2, 0.25) is 0 Å². The van der Waals surface area contributed by atoms with Crippen LogP contribution in [0.5, 0.6) is 0 Å². The summed E-state index contributed by atoms with van der Waals surface area (Å²) >= 11 is 0. The maximum atomic E-state index is 11.5. The molecule has 0 saturated carbocycles. The molecule has 0 atom stereocenters. The summed E-state index contributed by atoms with van der Waals surface area (Å²) in [6.07, 6.45) is 2.80. The molecule has 1 rings (SSSR count). The maximum Gasteiger partial charge on any atom is 0.225 e. The molecule has 0 aliphatic rings. The van der Waals surface area contributed by atoms with Crippen molar-refractivity contribution in [3.8, 4) is 0 Å². The van der Waals surface area contributed by atoms with Gasteiger partial charge in [-0.2, -0.15) is 0 Å². The predicted octanol–water partition coefficient (Wildman–Crippen LogP) is 1.85. The zero-order chi connectivity index (χ0) is 12.2. The fourth-order valence-electron chi connectivity index (χ4n) is 1.18. The van der Waals surface area contributed by atoms with Crippen molar-refractivity contribution in [2.75, 3.05) is 5.32 Å². The quantitative estimate of drug-likeness (QED) is 0.815. The summed E-state index contributed by atoms with van der Waals surface area (Å²) < 4.78 is 0. The Labute approximate surface area is 96.3 Å². The minimum Gasteiger partial charge on any atom is -0.326 e. The summed E-state index contributed by atoms with van der Waals surface area (Å²) in [4.78, 5) is 15.6. The van der Waals surface area contributed by atoms with Crippen molar-refractivity contribution < 1.29 is 4.79 Å². The van der Waals surface area contributed by atoms with Gasteiger partial charge in [0.2, 0.25) is 5.91 Å². The van der Waals surface area contributed by atoms with Crippen molar-refractivity contribution >= 4 is 11.7 Å². The number of nitrogens with one attached hydrogen (secondary N) is 1. The number of carbonyl (C=O) groups excluding carboxylic acids is 1. The van der Waals surface area contributed by atoms with Crippen molar-refractivity contribution in [3.63, 3.8) is 0 Å². The molecule has 0 spiro atoms. The number of nitrogens with two attached hydrogens (primary N) is 1. The van der Waals surface area contributed by atoms with E-state index in [1.807, 2.05) is 26.8 Å². The third-order valence-corrected chi connectivity index (χ3v) is 2.18. The van der Waals surface area contributed by atoms with Gasteiger partial charge in [-0.1, -0.05) is 6.07 Å². The molecule has 88 valence electrons. The molecule has 0 radical (unpaired) electrons. The first-order valence-electron chi connectivity index (χ1n) is 5.38. The van der Waals surface area contributed by atoms with Crippen molar-refractivity contribution in [3.05, 3.63) is 23.9 Å². The Morgan fingerprint density at radius 1 is 1.50 bits per heavy atom. The van der Waals surface area contributed by atoms with Gasteiger partial charge in [-0.15, -0.1) is 0 Å². The van der Waals surface area contributed by atoms with Crippen LogP contribution in [-0.4, -0.2) is 16.4 Å². The van der Waals surface area contributed by atoms with Crippen LogP contribution in [0, 0.1) is 6.92 Å². The number of amides is 1. The fourth-order valence-corrected chi connectivity index (χ4v) is 1.18. The number of aromatic nitrogens is 1. The van der Waals surface area contributed by atoms with Gasteiger partial charge in [-0.05, 0) is 38.8 Å². The second kappa shape index (κ2) is 5.07. The van der Waals surface area contributed by atoms with Gasteiger partial charge < -0.3 is 11.1 Å². The first-order valence-corrected chi connectivity index (χ1v) is 5.38. The van der Waals surface area contributed by atoms with Crippen LogP contribution in [0.15, 0.2) is 18.3 Å². The van der Waals surface area contributed by atoms with Gasteiger partial charge in [-0.3, -0.25) is 4.79 Å². The zero-order valence-corrected chi connectivity index (χ0v) is 10.1. The molecule has 1 amide bonds. The van der Waals surface area contributed by atoms with Crippen LogP contribution < -0.4 is 11.1 Å². The number of rotatable bonds is 4. The Morgan fingerprint density at radius 3 is 2.69 bits per heavy atom. The van der Waals surface area contributed by atoms with E-state index in [2.05, 4.69) is 10.3 Å². The molecule has 1 aromatic rings. The highest BCUT2D eigenvalue weighted by atomic mass is 16.1. The molecule has 3 N–H and O–H groups in total. The molecule has 0 unspecified atom stereocenters. The number of hydrogen-bond donors (Lipinski definition) is 2. The van der Waals surface area contributed by atoms with Crippen LogP contribution in [0.4, 0.5) is 5.82 Å². The summed E-state index contributed by atoms with van der Waals surface area (Å²) in [5, 5.41) is 2.74. The number of nitrogens with zero attached hydrogens (tertiary/aromatic N) is 1. The first kappa shape index (κ1) is 12.6. The lowest BCUT2D eigenvalue weighted by atomic mass is 10.00. The largest absolute Gasteiger partial charge is 0.326 e. The Morgan fingerprint density at radius 2 is 2.19 bits per heavy atom. The zero-order valence-electron chi connectivity index (χ0n) is 10.1. The van der Waals surface area contributed by atoms with Crippen molar-refractivity contribution in [2.24, 2.45) is 5.73 Å². The van der Waals surface area contributed by atoms with E-state index in [1.54, 1.807) is 12.3 Å². The van der Waals surface area contributed by atoms with Crippen molar-refractivity contribution in [1.82, 2.24) is 4.98 Å². The fraction of sp³-hybridized carbons (Fsp3) is 0.500. The Hall–Kier alpha value is -1.42. The Balaban J connectivity index is 2.43. The smallest absolute Gasteiger partial charge is 0.225 e. The molecule has 16 heavy (non-hydrogen) atoms. The van der Waals surface area contributed by atoms with E-state index in [4.69, 9.17) is 5.73 Å². The molecule has 1 aromatic heterocycles. The van der Waals surface area contributed by atoms with Crippen LogP contribution in [-0.2, 0) is 4.79 Å². The molecule has 0 aliphatic carbocycles. The number of aryl methyl sites for hydroxylation is 1. The summed E-state index contributed by atoms with van der Waals surface area (Å²) in [6, 6.07) is 3.70. The number of carbonyl (C=O) groups is 1. The maximum absolute atomic E-state index is 11.5. The van der Waals surface area contributed by atoms with E-state index in [0.29, 0.717) is 18.7 Å². The highest BCUT2D eigenvalue weighted by Gasteiger charge is 2.13. The lowest BCUT2D eigenvalue weighted by Crippen LogP contribution is -2.33. The van der Waals surface area contributed by atoms with Crippen LogP contribution in [0.1, 0.15) is 32.3 Å². The summed E-state index contributed by atoms with van der Waals surface area (Å²) in [5.74, 6) is 0.542. The standard InChI is InChI=1S/C12H19N3O/c1-9-4-5-10(14-8-9)15-11(16)6-7-12(2,3)13/h4-5,8H,6-7,13H2,1-3H3,(H,14,15,16). The lowest BCUT2D eigenvalue weighted by Gasteiger charge is -2.17. The molecular weight excluding hydrogens is 202 g/mol. The Bertz CT molecular complexity index is 352. The van der Waals surface area contributed by atoms with Gasteiger partial charge in [-0.25, -0.2) is 4.98 Å². The summed E-state index contributed by atoms with van der Waals surface area (Å²) in [7, 11) is 0. The van der Waals surface area contributed by atoms with E-state index in [1.165, 1.54) is 0 Å². The molecule has 0 aromatic carbocycles. The molecular formula is C12H19N3O. The van der Waals surface area contributed by atoms with Crippen LogP contribution in [0.25, 0.3) is 0 Å². The second-order valence-electron chi connectivity index (χ2n) is 4.76. The second-order valence-corrected chi connectivity index (χ2v) is 4.76. The Kier molecular flexibility index (Phi) is 4.01. The number of anilines is 1. The van der Waals surface area contributed by atoms with Crippen molar-refractivity contribution in [2.45, 2.75) is 39.2 Å². The first-order chi connectivity index (χ1) is 7.37. The van der Waals surface area contributed by atoms with Crippen LogP contribution in [0.3, 0.4) is 0 Å². The number of pyridine rings is 1. The number of hydrogen-bond acceptors (Lipinski definition) is 3. The van der Waals surface area contributed by atoms with E-state index in [9.17, 15) is 4.79 Å². The summed E-state index contributed by atoms with van der Waals surface area (Å²) in [6.45, 7) is 5.77. The van der Waals surface area contributed by atoms with Gasteiger partial charge in [0.05, 0.1) is 0 Å². The van der Waals surface area contributed by atoms with Gasteiger partial charge in [0.15, 0.2) is 0 Å². The minimum absolute atomic E-state index is 0.0464. The van der Waals surface area contributed by atoms with Gasteiger partial charge in [0.1, 0.15) is 5.82 Å². The van der Waals surface area contributed by atoms with E-state index < -0.39 is 0 Å². The molecule has 0 saturated heterocycles. The normalized spacial score (nSPS) is 11.2. The average molecular weight is 221 g/mol. The van der Waals surface area contributed by atoms with Gasteiger partial charge in [0, 0.05) is 18.2 Å². The van der Waals surface area contributed by atoms with Crippen molar-refractivity contribution in [1.29, 1.82) is 0 Å². The predicted molar refractivity (Wildman–Crippen MR) is 65.1 cm³/mol. The van der Waals surface area contributed by atoms with E-state index in [-0.39, 0.29) is 11.4 Å². The molecule has 1 heterocycles. The highest BCUT2D eigenvalue weighted by Crippen LogP contribution is 2.09. The van der Waals surface area contributed by atoms with Gasteiger partial charge >= 0.3 is 0 Å². The molecule has 4 heteroatoms. The monoisotopic (exact) mass is 221 g/mol. The minimum atomic E-state index is -0.307. The third-order valence-electron chi connectivity index (χ3n) is 2.18. The summed E-state index contributed by atoms with van der Waals surface area (Å²) in [5.41, 5.74) is 6.56. The molecule has 4 nitrogen and oxygen atoms in total. The van der Waals surface area contributed by atoms with Crippen LogP contribution >= 0.6 is 0 Å². The average Bonchev–Trinajstić information content (AvgIpc) is 2.18. The lowest BCUT2D eigenvalue weighted by molar-refractivity contribution is -0.116. The van der Waals surface area contributed by atoms with E-state index in [0.717, 1.165) is 5.56 Å². The third kappa shape index (κ3) is 4.89.